The number of hydrogen-bond donors (Lipinski definition) is 2. The molecule has 1 aliphatic heterocycles. The van der Waals surface area contributed by atoms with Gasteiger partial charge in [-0.15, -0.1) is 0 Å². The van der Waals surface area contributed by atoms with E-state index in [4.69, 9.17) is 11.3 Å². The normalized spacial score (nSPS) is 13.6. The summed E-state index contributed by atoms with van der Waals surface area (Å²) >= 11 is 0. The standard InChI is InChI=1S/C25H24F2N8O/c1-4-35-15(2)11-17-21(27)19(12-18(26)23(17)35)36-25-22(28-3)24(31-14-32-25)33-20-6-5-16(13-30-20)34-9-7-29-8-10-34/h5-6,11-14,29H,4,7-10H2,1-2H3,(H,30,31,32,33). The van der Waals surface area contributed by atoms with Crippen LogP contribution < -0.4 is 20.3 Å². The van der Waals surface area contributed by atoms with E-state index in [1.807, 2.05) is 13.0 Å². The maximum atomic E-state index is 15.3. The zero-order valence-corrected chi connectivity index (χ0v) is 19.8. The van der Waals surface area contributed by atoms with E-state index in [0.717, 1.165) is 43.6 Å². The zero-order chi connectivity index (χ0) is 25.2. The summed E-state index contributed by atoms with van der Waals surface area (Å²) in [6.07, 6.45) is 2.94. The molecule has 3 aromatic heterocycles. The Balaban J connectivity index is 1.43. The molecule has 36 heavy (non-hydrogen) atoms. The van der Waals surface area contributed by atoms with Gasteiger partial charge in [-0.25, -0.2) is 28.6 Å². The Bertz CT molecular complexity index is 1460. The predicted molar refractivity (Wildman–Crippen MR) is 133 cm³/mol. The van der Waals surface area contributed by atoms with Gasteiger partial charge in [-0.05, 0) is 32.0 Å². The number of piperazine rings is 1. The lowest BCUT2D eigenvalue weighted by Crippen LogP contribution is -2.43. The van der Waals surface area contributed by atoms with Gasteiger partial charge in [0.05, 0.1) is 24.0 Å². The molecular formula is C25H24F2N8O. The molecule has 0 bridgehead atoms. The first-order chi connectivity index (χ1) is 17.5. The van der Waals surface area contributed by atoms with Gasteiger partial charge in [0.2, 0.25) is 5.88 Å². The number of hydrogen-bond acceptors (Lipinski definition) is 7. The van der Waals surface area contributed by atoms with Gasteiger partial charge in [0.15, 0.2) is 17.4 Å². The Morgan fingerprint density at radius 1 is 1.17 bits per heavy atom. The molecule has 0 atom stereocenters. The second-order valence-electron chi connectivity index (χ2n) is 8.32. The van der Waals surface area contributed by atoms with Crippen molar-refractivity contribution in [2.75, 3.05) is 36.4 Å². The topological polar surface area (TPSA) is 84.5 Å². The molecular weight excluding hydrogens is 466 g/mol. The van der Waals surface area contributed by atoms with Crippen LogP contribution in [0.2, 0.25) is 0 Å². The summed E-state index contributed by atoms with van der Waals surface area (Å²) in [5.74, 6) is -1.28. The van der Waals surface area contributed by atoms with Crippen molar-refractivity contribution in [3.63, 3.8) is 0 Å². The lowest BCUT2D eigenvalue weighted by molar-refractivity contribution is 0.428. The van der Waals surface area contributed by atoms with Crippen LogP contribution in [0.25, 0.3) is 15.7 Å². The van der Waals surface area contributed by atoms with E-state index in [2.05, 4.69) is 35.3 Å². The summed E-state index contributed by atoms with van der Waals surface area (Å²) in [5, 5.41) is 6.41. The van der Waals surface area contributed by atoms with Crippen LogP contribution in [0.15, 0.2) is 36.8 Å². The highest BCUT2D eigenvalue weighted by atomic mass is 19.1. The Labute approximate surface area is 206 Å². The lowest BCUT2D eigenvalue weighted by atomic mass is 10.2. The number of nitrogens with zero attached hydrogens (tertiary/aromatic N) is 6. The Kier molecular flexibility index (Phi) is 6.35. The van der Waals surface area contributed by atoms with Gasteiger partial charge in [-0.2, -0.15) is 0 Å². The molecule has 11 heteroatoms. The number of halogens is 2. The van der Waals surface area contributed by atoms with E-state index in [1.54, 1.807) is 29.8 Å². The first-order valence-electron chi connectivity index (χ1n) is 11.6. The average Bonchev–Trinajstić information content (AvgIpc) is 3.25. The molecule has 1 aromatic carbocycles. The Morgan fingerprint density at radius 2 is 1.97 bits per heavy atom. The van der Waals surface area contributed by atoms with Crippen molar-refractivity contribution < 1.29 is 13.5 Å². The van der Waals surface area contributed by atoms with Crippen molar-refractivity contribution in [1.29, 1.82) is 0 Å². The quantitative estimate of drug-likeness (QED) is 0.371. The second kappa shape index (κ2) is 9.75. The third kappa shape index (κ3) is 4.27. The smallest absolute Gasteiger partial charge is 0.288 e. The number of rotatable bonds is 6. The van der Waals surface area contributed by atoms with Crippen molar-refractivity contribution in [2.24, 2.45) is 0 Å². The zero-order valence-electron chi connectivity index (χ0n) is 19.8. The summed E-state index contributed by atoms with van der Waals surface area (Å²) in [5.41, 5.74) is 1.82. The average molecular weight is 491 g/mol. The fourth-order valence-corrected chi connectivity index (χ4v) is 4.39. The van der Waals surface area contributed by atoms with Gasteiger partial charge in [0, 0.05) is 49.9 Å². The van der Waals surface area contributed by atoms with Gasteiger partial charge < -0.3 is 24.8 Å². The highest BCUT2D eigenvalue weighted by Gasteiger charge is 2.22. The van der Waals surface area contributed by atoms with Crippen molar-refractivity contribution in [1.82, 2.24) is 24.8 Å². The summed E-state index contributed by atoms with van der Waals surface area (Å²) < 4.78 is 37.5. The molecule has 0 aliphatic carbocycles. The first kappa shape index (κ1) is 23.4. The highest BCUT2D eigenvalue weighted by Crippen LogP contribution is 2.39. The molecule has 0 radical (unpaired) electrons. The van der Waals surface area contributed by atoms with Gasteiger partial charge in [0.25, 0.3) is 5.69 Å². The van der Waals surface area contributed by atoms with Crippen LogP contribution in [-0.2, 0) is 6.54 Å². The van der Waals surface area contributed by atoms with Crippen molar-refractivity contribution in [3.8, 4) is 11.6 Å². The third-order valence-corrected chi connectivity index (χ3v) is 6.14. The van der Waals surface area contributed by atoms with Crippen LogP contribution in [0.5, 0.6) is 11.6 Å². The number of fused-ring (bicyclic) bond motifs is 1. The largest absolute Gasteiger partial charge is 0.446 e. The monoisotopic (exact) mass is 490 g/mol. The number of benzene rings is 1. The lowest BCUT2D eigenvalue weighted by Gasteiger charge is -2.29. The van der Waals surface area contributed by atoms with E-state index in [0.29, 0.717) is 12.4 Å². The molecule has 4 aromatic rings. The van der Waals surface area contributed by atoms with Crippen LogP contribution in [-0.4, -0.2) is 45.7 Å². The molecule has 5 rings (SSSR count). The van der Waals surface area contributed by atoms with Crippen molar-refractivity contribution >= 4 is 33.9 Å². The van der Waals surface area contributed by atoms with E-state index >= 15 is 4.39 Å². The molecule has 9 nitrogen and oxygen atoms in total. The van der Waals surface area contributed by atoms with Crippen LogP contribution >= 0.6 is 0 Å². The number of ether oxygens (including phenoxy) is 1. The SMILES string of the molecule is [C-]#[N+]c1c(Nc2ccc(N3CCNCC3)cn2)ncnc1Oc1cc(F)c2c(cc(C)n2CC)c1F. The molecule has 0 amide bonds. The number of nitrogens with one attached hydrogen (secondary N) is 2. The van der Waals surface area contributed by atoms with E-state index in [1.165, 1.54) is 6.33 Å². The highest BCUT2D eigenvalue weighted by molar-refractivity contribution is 5.84. The van der Waals surface area contributed by atoms with Gasteiger partial charge in [0.1, 0.15) is 18.0 Å². The molecule has 0 saturated carbocycles. The molecule has 1 fully saturated rings. The van der Waals surface area contributed by atoms with Crippen LogP contribution in [0, 0.1) is 25.1 Å². The number of anilines is 3. The number of aromatic nitrogens is 4. The minimum Gasteiger partial charge on any atom is -0.446 e. The van der Waals surface area contributed by atoms with E-state index < -0.39 is 11.6 Å². The summed E-state index contributed by atoms with van der Waals surface area (Å²) in [6.45, 7) is 15.4. The number of pyridine rings is 1. The fraction of sp³-hybridized carbons (Fsp3) is 0.280. The van der Waals surface area contributed by atoms with Crippen molar-refractivity contribution in [3.05, 3.63) is 65.5 Å². The summed E-state index contributed by atoms with van der Waals surface area (Å²) in [7, 11) is 0. The van der Waals surface area contributed by atoms with Crippen molar-refractivity contribution in [2.45, 2.75) is 20.4 Å². The predicted octanol–water partition coefficient (Wildman–Crippen LogP) is 4.93. The maximum Gasteiger partial charge on any atom is 0.288 e. The van der Waals surface area contributed by atoms with E-state index in [9.17, 15) is 4.39 Å². The van der Waals surface area contributed by atoms with Gasteiger partial charge in [-0.1, -0.05) is 0 Å². The van der Waals surface area contributed by atoms with Crippen LogP contribution in [0.3, 0.4) is 0 Å². The third-order valence-electron chi connectivity index (χ3n) is 6.14. The minimum atomic E-state index is -0.726. The second-order valence-corrected chi connectivity index (χ2v) is 8.32. The maximum absolute atomic E-state index is 15.3. The summed E-state index contributed by atoms with van der Waals surface area (Å²) in [4.78, 5) is 18.3. The molecule has 1 aliphatic rings. The molecule has 2 N–H and O–H groups in total. The fourth-order valence-electron chi connectivity index (χ4n) is 4.39. The Hall–Kier alpha value is -4.30. The molecule has 4 heterocycles. The number of aryl methyl sites for hydroxylation is 2. The van der Waals surface area contributed by atoms with Crippen LogP contribution in [0.4, 0.5) is 31.8 Å². The molecule has 0 spiro atoms. The van der Waals surface area contributed by atoms with Crippen LogP contribution in [0.1, 0.15) is 12.6 Å². The Morgan fingerprint density at radius 3 is 2.67 bits per heavy atom. The van der Waals surface area contributed by atoms with Gasteiger partial charge >= 0.3 is 0 Å². The first-order valence-corrected chi connectivity index (χ1v) is 11.6. The van der Waals surface area contributed by atoms with Gasteiger partial charge in [-0.3, -0.25) is 0 Å². The molecule has 1 saturated heterocycles. The molecule has 0 unspecified atom stereocenters. The molecule has 184 valence electrons. The minimum absolute atomic E-state index is 0.0762. The summed E-state index contributed by atoms with van der Waals surface area (Å²) in [6, 6.07) is 6.27. The van der Waals surface area contributed by atoms with E-state index in [-0.39, 0.29) is 34.0 Å².